The zero-order valence-electron chi connectivity index (χ0n) is 12.4. The highest BCUT2D eigenvalue weighted by atomic mass is 16.1. The van der Waals surface area contributed by atoms with Crippen molar-refractivity contribution in [3.8, 4) is 0 Å². The van der Waals surface area contributed by atoms with Gasteiger partial charge < -0.3 is 10.6 Å². The maximum Gasteiger partial charge on any atom is 0.220 e. The van der Waals surface area contributed by atoms with Crippen LogP contribution in [-0.2, 0) is 4.79 Å². The topological polar surface area (TPSA) is 41.1 Å². The molecule has 2 aliphatic rings. The molecule has 0 aromatic heterocycles. The van der Waals surface area contributed by atoms with E-state index >= 15 is 0 Å². The molecule has 2 rings (SSSR count). The molecule has 110 valence electrons. The van der Waals surface area contributed by atoms with Gasteiger partial charge in [-0.05, 0) is 44.6 Å². The highest BCUT2D eigenvalue weighted by Crippen LogP contribution is 2.28. The van der Waals surface area contributed by atoms with Crippen LogP contribution in [0.15, 0.2) is 0 Å². The Morgan fingerprint density at radius 2 is 1.63 bits per heavy atom. The lowest BCUT2D eigenvalue weighted by atomic mass is 9.91. The van der Waals surface area contributed by atoms with Crippen LogP contribution in [0.2, 0.25) is 0 Å². The minimum atomic E-state index is 0.291. The SMILES string of the molecule is CCNC1CCC(NC(=O)CCC2CCCC2)CC1. The molecule has 0 atom stereocenters. The first-order valence-electron chi connectivity index (χ1n) is 8.30. The summed E-state index contributed by atoms with van der Waals surface area (Å²) in [6, 6.07) is 1.11. The molecule has 0 saturated heterocycles. The molecular weight excluding hydrogens is 236 g/mol. The van der Waals surface area contributed by atoms with Gasteiger partial charge in [-0.15, -0.1) is 0 Å². The van der Waals surface area contributed by atoms with E-state index in [1.807, 2.05) is 0 Å². The number of carbonyl (C=O) groups excluding carboxylic acids is 1. The van der Waals surface area contributed by atoms with Gasteiger partial charge in [0, 0.05) is 18.5 Å². The lowest BCUT2D eigenvalue weighted by Gasteiger charge is -2.29. The Hall–Kier alpha value is -0.570. The second kappa shape index (κ2) is 7.88. The third-order valence-electron chi connectivity index (χ3n) is 4.84. The fourth-order valence-electron chi connectivity index (χ4n) is 3.66. The summed E-state index contributed by atoms with van der Waals surface area (Å²) in [5, 5.41) is 6.75. The largest absolute Gasteiger partial charge is 0.353 e. The van der Waals surface area contributed by atoms with Crippen LogP contribution in [0.4, 0.5) is 0 Å². The van der Waals surface area contributed by atoms with Crippen molar-refractivity contribution in [2.45, 2.75) is 83.2 Å². The van der Waals surface area contributed by atoms with Crippen LogP contribution in [0.25, 0.3) is 0 Å². The Morgan fingerprint density at radius 3 is 2.26 bits per heavy atom. The van der Waals surface area contributed by atoms with E-state index < -0.39 is 0 Å². The minimum Gasteiger partial charge on any atom is -0.353 e. The van der Waals surface area contributed by atoms with Crippen molar-refractivity contribution in [3.63, 3.8) is 0 Å². The molecule has 2 aliphatic carbocycles. The van der Waals surface area contributed by atoms with Crippen LogP contribution >= 0.6 is 0 Å². The van der Waals surface area contributed by atoms with Crippen molar-refractivity contribution < 1.29 is 4.79 Å². The molecular formula is C16H30N2O. The Kier molecular flexibility index (Phi) is 6.15. The van der Waals surface area contributed by atoms with E-state index in [1.54, 1.807) is 0 Å². The zero-order chi connectivity index (χ0) is 13.5. The third-order valence-corrected chi connectivity index (χ3v) is 4.84. The van der Waals surface area contributed by atoms with Crippen LogP contribution < -0.4 is 10.6 Å². The Balaban J connectivity index is 1.58. The van der Waals surface area contributed by atoms with Gasteiger partial charge >= 0.3 is 0 Å². The predicted octanol–water partition coefficient (Wildman–Crippen LogP) is 2.99. The van der Waals surface area contributed by atoms with Crippen LogP contribution in [0, 0.1) is 5.92 Å². The minimum absolute atomic E-state index is 0.291. The first kappa shape index (κ1) is 14.8. The van der Waals surface area contributed by atoms with E-state index in [-0.39, 0.29) is 0 Å². The number of hydrogen-bond donors (Lipinski definition) is 2. The molecule has 0 heterocycles. The van der Waals surface area contributed by atoms with E-state index in [0.717, 1.165) is 38.1 Å². The van der Waals surface area contributed by atoms with Gasteiger partial charge in [-0.2, -0.15) is 0 Å². The van der Waals surface area contributed by atoms with E-state index in [9.17, 15) is 4.79 Å². The lowest BCUT2D eigenvalue weighted by Crippen LogP contribution is -2.42. The molecule has 2 fully saturated rings. The molecule has 0 aliphatic heterocycles. The highest BCUT2D eigenvalue weighted by molar-refractivity contribution is 5.76. The first-order chi connectivity index (χ1) is 9.28. The molecule has 0 spiro atoms. The summed E-state index contributed by atoms with van der Waals surface area (Å²) < 4.78 is 0. The second-order valence-electron chi connectivity index (χ2n) is 6.36. The fraction of sp³-hybridized carbons (Fsp3) is 0.938. The molecule has 2 saturated carbocycles. The Bertz CT molecular complexity index is 266. The van der Waals surface area contributed by atoms with Gasteiger partial charge in [0.2, 0.25) is 5.91 Å². The number of amides is 1. The summed E-state index contributed by atoms with van der Waals surface area (Å²) in [5.74, 6) is 1.12. The third kappa shape index (κ3) is 5.13. The molecule has 19 heavy (non-hydrogen) atoms. The summed E-state index contributed by atoms with van der Waals surface area (Å²) >= 11 is 0. The van der Waals surface area contributed by atoms with Crippen molar-refractivity contribution in [1.82, 2.24) is 10.6 Å². The van der Waals surface area contributed by atoms with Crippen LogP contribution in [0.5, 0.6) is 0 Å². The standard InChI is InChI=1S/C16H30N2O/c1-2-17-14-8-10-15(11-9-14)18-16(19)12-7-13-5-3-4-6-13/h13-15,17H,2-12H2,1H3,(H,18,19). The van der Waals surface area contributed by atoms with Gasteiger partial charge in [-0.25, -0.2) is 0 Å². The predicted molar refractivity (Wildman–Crippen MR) is 79.1 cm³/mol. The van der Waals surface area contributed by atoms with Crippen molar-refractivity contribution in [2.24, 2.45) is 5.92 Å². The van der Waals surface area contributed by atoms with Crippen molar-refractivity contribution in [1.29, 1.82) is 0 Å². The molecule has 0 bridgehead atoms. The molecule has 2 N–H and O–H groups in total. The van der Waals surface area contributed by atoms with Crippen molar-refractivity contribution >= 4 is 5.91 Å². The fourth-order valence-corrected chi connectivity index (χ4v) is 3.66. The summed E-state index contributed by atoms with van der Waals surface area (Å²) in [4.78, 5) is 11.9. The van der Waals surface area contributed by atoms with E-state index in [4.69, 9.17) is 0 Å². The number of rotatable bonds is 6. The first-order valence-corrected chi connectivity index (χ1v) is 8.30. The van der Waals surface area contributed by atoms with Crippen molar-refractivity contribution in [3.05, 3.63) is 0 Å². The van der Waals surface area contributed by atoms with E-state index in [0.29, 0.717) is 18.0 Å². The Labute approximate surface area is 117 Å². The van der Waals surface area contributed by atoms with E-state index in [2.05, 4.69) is 17.6 Å². The molecule has 1 amide bonds. The van der Waals surface area contributed by atoms with Crippen LogP contribution in [0.1, 0.15) is 71.1 Å². The summed E-state index contributed by atoms with van der Waals surface area (Å²) in [5.41, 5.74) is 0. The maximum atomic E-state index is 11.9. The van der Waals surface area contributed by atoms with Gasteiger partial charge in [0.25, 0.3) is 0 Å². The van der Waals surface area contributed by atoms with E-state index in [1.165, 1.54) is 38.5 Å². The molecule has 0 aromatic rings. The number of nitrogens with one attached hydrogen (secondary N) is 2. The van der Waals surface area contributed by atoms with Crippen molar-refractivity contribution in [2.75, 3.05) is 6.54 Å². The molecule has 0 unspecified atom stereocenters. The number of carbonyl (C=O) groups is 1. The van der Waals surface area contributed by atoms with Gasteiger partial charge in [0.05, 0.1) is 0 Å². The Morgan fingerprint density at radius 1 is 1.00 bits per heavy atom. The average molecular weight is 266 g/mol. The number of hydrogen-bond acceptors (Lipinski definition) is 2. The lowest BCUT2D eigenvalue weighted by molar-refractivity contribution is -0.122. The van der Waals surface area contributed by atoms with Crippen LogP contribution in [-0.4, -0.2) is 24.5 Å². The van der Waals surface area contributed by atoms with Gasteiger partial charge in [-0.1, -0.05) is 32.6 Å². The van der Waals surface area contributed by atoms with Gasteiger partial charge in [-0.3, -0.25) is 4.79 Å². The van der Waals surface area contributed by atoms with Crippen LogP contribution in [0.3, 0.4) is 0 Å². The quantitative estimate of drug-likeness (QED) is 0.776. The summed E-state index contributed by atoms with van der Waals surface area (Å²) in [6.45, 7) is 3.22. The second-order valence-corrected chi connectivity index (χ2v) is 6.36. The normalized spacial score (nSPS) is 28.5. The van der Waals surface area contributed by atoms with Gasteiger partial charge in [0.1, 0.15) is 0 Å². The smallest absolute Gasteiger partial charge is 0.220 e. The van der Waals surface area contributed by atoms with Gasteiger partial charge in [0.15, 0.2) is 0 Å². The monoisotopic (exact) mass is 266 g/mol. The zero-order valence-corrected chi connectivity index (χ0v) is 12.4. The maximum absolute atomic E-state index is 11.9. The molecule has 0 aromatic carbocycles. The molecule has 0 radical (unpaired) electrons. The summed E-state index contributed by atoms with van der Waals surface area (Å²) in [7, 11) is 0. The molecule has 3 heteroatoms. The average Bonchev–Trinajstić information content (AvgIpc) is 2.92. The highest BCUT2D eigenvalue weighted by Gasteiger charge is 2.22. The summed E-state index contributed by atoms with van der Waals surface area (Å²) in [6.07, 6.45) is 12.0. The molecule has 3 nitrogen and oxygen atoms in total.